The Labute approximate surface area is 172 Å². The quantitative estimate of drug-likeness (QED) is 0.860. The summed E-state index contributed by atoms with van der Waals surface area (Å²) in [6.07, 6.45) is 4.56. The normalized spacial score (nSPS) is 25.7. The van der Waals surface area contributed by atoms with Crippen LogP contribution in [0.15, 0.2) is 41.2 Å². The Morgan fingerprint density at radius 2 is 2.03 bits per heavy atom. The van der Waals surface area contributed by atoms with E-state index in [0.717, 1.165) is 44.7 Å². The lowest BCUT2D eigenvalue weighted by Gasteiger charge is -2.34. The maximum Gasteiger partial charge on any atom is 0.254 e. The fourth-order valence-corrected chi connectivity index (χ4v) is 4.62. The number of aromatic nitrogens is 2. The average Bonchev–Trinajstić information content (AvgIpc) is 2.89. The smallest absolute Gasteiger partial charge is 0.254 e. The molecule has 2 aliphatic heterocycles. The Morgan fingerprint density at radius 3 is 2.83 bits per heavy atom. The molecule has 6 heteroatoms. The van der Waals surface area contributed by atoms with Gasteiger partial charge in [0.05, 0.1) is 12.7 Å². The second-order valence-electron chi connectivity index (χ2n) is 8.57. The molecule has 0 saturated carbocycles. The van der Waals surface area contributed by atoms with E-state index in [-0.39, 0.29) is 11.7 Å². The third-order valence-electron chi connectivity index (χ3n) is 6.08. The molecule has 6 nitrogen and oxygen atoms in total. The minimum absolute atomic E-state index is 0.0834. The molecular formula is C23H32N4O2. The number of benzene rings is 1. The molecule has 1 N–H and O–H groups in total. The minimum atomic E-state index is -0.0834. The van der Waals surface area contributed by atoms with Gasteiger partial charge in [0, 0.05) is 31.7 Å². The van der Waals surface area contributed by atoms with Gasteiger partial charge in [0.1, 0.15) is 5.82 Å². The van der Waals surface area contributed by atoms with Gasteiger partial charge in [0.25, 0.3) is 5.56 Å². The van der Waals surface area contributed by atoms with Crippen LogP contribution < -0.4 is 15.4 Å². The average molecular weight is 397 g/mol. The first-order valence-electron chi connectivity index (χ1n) is 10.9. The van der Waals surface area contributed by atoms with Gasteiger partial charge in [-0.2, -0.15) is 4.98 Å². The van der Waals surface area contributed by atoms with Crippen LogP contribution in [0.3, 0.4) is 0 Å². The van der Waals surface area contributed by atoms with Crippen LogP contribution in [0.1, 0.15) is 38.7 Å². The number of rotatable bonds is 4. The first kappa shape index (κ1) is 20.0. The highest BCUT2D eigenvalue weighted by Crippen LogP contribution is 2.28. The summed E-state index contributed by atoms with van der Waals surface area (Å²) in [5, 5.41) is 0. The van der Waals surface area contributed by atoms with Crippen LogP contribution in [-0.2, 0) is 11.2 Å². The van der Waals surface area contributed by atoms with Crippen LogP contribution in [0.5, 0.6) is 0 Å². The Morgan fingerprint density at radius 1 is 1.21 bits per heavy atom. The summed E-state index contributed by atoms with van der Waals surface area (Å²) in [7, 11) is 0. The van der Waals surface area contributed by atoms with E-state index in [1.54, 1.807) is 6.07 Å². The van der Waals surface area contributed by atoms with E-state index in [4.69, 9.17) is 9.72 Å². The zero-order valence-corrected chi connectivity index (χ0v) is 17.5. The summed E-state index contributed by atoms with van der Waals surface area (Å²) in [5.74, 6) is 2.14. The van der Waals surface area contributed by atoms with E-state index in [0.29, 0.717) is 24.5 Å². The maximum atomic E-state index is 12.5. The van der Waals surface area contributed by atoms with Crippen molar-refractivity contribution in [3.8, 4) is 0 Å². The molecule has 0 radical (unpaired) electrons. The van der Waals surface area contributed by atoms with E-state index in [9.17, 15) is 4.79 Å². The fraction of sp³-hybridized carbons (Fsp3) is 0.565. The second kappa shape index (κ2) is 8.99. The lowest BCUT2D eigenvalue weighted by atomic mass is 9.94. The van der Waals surface area contributed by atoms with Gasteiger partial charge in [-0.15, -0.1) is 0 Å². The Hall–Kier alpha value is -2.34. The van der Waals surface area contributed by atoms with Crippen molar-refractivity contribution in [3.63, 3.8) is 0 Å². The van der Waals surface area contributed by atoms with Crippen molar-refractivity contribution in [2.24, 2.45) is 5.92 Å². The van der Waals surface area contributed by atoms with Gasteiger partial charge in [-0.25, -0.2) is 0 Å². The molecule has 2 fully saturated rings. The van der Waals surface area contributed by atoms with Crippen molar-refractivity contribution < 1.29 is 4.74 Å². The highest BCUT2D eigenvalue weighted by atomic mass is 16.5. The Balaban J connectivity index is 1.63. The molecular weight excluding hydrogens is 364 g/mol. The van der Waals surface area contributed by atoms with Crippen molar-refractivity contribution >= 4 is 11.8 Å². The number of hydrogen-bond acceptors (Lipinski definition) is 5. The standard InChI is InChI=1S/C23H32N4O2/c1-17-7-6-10-27(20(13-17)14-19-8-4-3-5-9-19)23-24-21(15-22(28)25-23)26-11-12-29-18(2)16-26/h3-5,8-9,15,17-18,20H,6-7,10-14,16H2,1-2H3,(H,24,25,28)/t17-,18?,20+/m1/s1. The molecule has 3 heterocycles. The number of nitrogens with one attached hydrogen (secondary N) is 1. The Kier molecular flexibility index (Phi) is 6.19. The predicted molar refractivity (Wildman–Crippen MR) is 117 cm³/mol. The lowest BCUT2D eigenvalue weighted by Crippen LogP contribution is -2.43. The van der Waals surface area contributed by atoms with E-state index in [1.807, 2.05) is 0 Å². The van der Waals surface area contributed by atoms with Gasteiger partial charge >= 0.3 is 0 Å². The van der Waals surface area contributed by atoms with Gasteiger partial charge in [-0.3, -0.25) is 9.78 Å². The molecule has 0 aliphatic carbocycles. The predicted octanol–water partition coefficient (Wildman–Crippen LogP) is 3.23. The summed E-state index contributed by atoms with van der Waals surface area (Å²) in [6.45, 7) is 7.53. The highest BCUT2D eigenvalue weighted by Gasteiger charge is 2.27. The number of hydrogen-bond donors (Lipinski definition) is 1. The molecule has 0 amide bonds. The summed E-state index contributed by atoms with van der Waals surface area (Å²) < 4.78 is 5.65. The molecule has 1 unspecified atom stereocenters. The van der Waals surface area contributed by atoms with Crippen LogP contribution in [0.2, 0.25) is 0 Å². The Bertz CT molecular complexity index is 853. The van der Waals surface area contributed by atoms with Gasteiger partial charge in [0.15, 0.2) is 0 Å². The van der Waals surface area contributed by atoms with E-state index in [2.05, 4.69) is 59.0 Å². The first-order valence-corrected chi connectivity index (χ1v) is 10.9. The van der Waals surface area contributed by atoms with Crippen molar-refractivity contribution in [2.75, 3.05) is 36.0 Å². The second-order valence-corrected chi connectivity index (χ2v) is 8.57. The van der Waals surface area contributed by atoms with Crippen molar-refractivity contribution in [2.45, 2.75) is 51.7 Å². The van der Waals surface area contributed by atoms with E-state index in [1.165, 1.54) is 12.0 Å². The molecule has 2 aliphatic rings. The molecule has 4 rings (SSSR count). The van der Waals surface area contributed by atoms with Crippen molar-refractivity contribution in [1.82, 2.24) is 9.97 Å². The number of ether oxygens (including phenoxy) is 1. The zero-order valence-electron chi connectivity index (χ0n) is 17.5. The number of nitrogens with zero attached hydrogens (tertiary/aromatic N) is 3. The lowest BCUT2D eigenvalue weighted by molar-refractivity contribution is 0.0529. The molecule has 1 aromatic carbocycles. The van der Waals surface area contributed by atoms with Gasteiger partial charge in [0.2, 0.25) is 5.95 Å². The van der Waals surface area contributed by atoms with Gasteiger partial charge < -0.3 is 14.5 Å². The number of anilines is 2. The largest absolute Gasteiger partial charge is 0.375 e. The number of H-pyrrole nitrogens is 1. The monoisotopic (exact) mass is 396 g/mol. The molecule has 0 spiro atoms. The maximum absolute atomic E-state index is 12.5. The summed E-state index contributed by atoms with van der Waals surface area (Å²) in [5.41, 5.74) is 1.25. The van der Waals surface area contributed by atoms with Crippen molar-refractivity contribution in [1.29, 1.82) is 0 Å². The minimum Gasteiger partial charge on any atom is -0.375 e. The molecule has 2 saturated heterocycles. The van der Waals surface area contributed by atoms with Crippen LogP contribution in [0, 0.1) is 5.92 Å². The number of morpholine rings is 1. The SMILES string of the molecule is CC1CN(c2cc(=O)[nH]c(N3CCC[C@@H](C)C[C@H]3Cc3ccccc3)n2)CCO1. The van der Waals surface area contributed by atoms with Gasteiger partial charge in [-0.05, 0) is 44.1 Å². The molecule has 3 atom stereocenters. The topological polar surface area (TPSA) is 61.5 Å². The first-order chi connectivity index (χ1) is 14.1. The van der Waals surface area contributed by atoms with Crippen LogP contribution >= 0.6 is 0 Å². The summed E-state index contributed by atoms with van der Waals surface area (Å²) >= 11 is 0. The highest BCUT2D eigenvalue weighted by molar-refractivity contribution is 5.45. The van der Waals surface area contributed by atoms with Gasteiger partial charge in [-0.1, -0.05) is 37.3 Å². The zero-order chi connectivity index (χ0) is 20.2. The van der Waals surface area contributed by atoms with E-state index < -0.39 is 0 Å². The fourth-order valence-electron chi connectivity index (χ4n) is 4.62. The van der Waals surface area contributed by atoms with E-state index >= 15 is 0 Å². The third-order valence-corrected chi connectivity index (χ3v) is 6.08. The van der Waals surface area contributed by atoms with Crippen LogP contribution in [0.4, 0.5) is 11.8 Å². The third kappa shape index (κ3) is 4.99. The molecule has 156 valence electrons. The summed E-state index contributed by atoms with van der Waals surface area (Å²) in [4.78, 5) is 25.0. The van der Waals surface area contributed by atoms with Crippen LogP contribution in [0.25, 0.3) is 0 Å². The molecule has 0 bridgehead atoms. The molecule has 29 heavy (non-hydrogen) atoms. The molecule has 1 aromatic heterocycles. The molecule has 2 aromatic rings. The van der Waals surface area contributed by atoms with Crippen molar-refractivity contribution in [3.05, 3.63) is 52.3 Å². The number of aromatic amines is 1. The van der Waals surface area contributed by atoms with Crippen LogP contribution in [-0.4, -0.2) is 48.4 Å². The summed E-state index contributed by atoms with van der Waals surface area (Å²) in [6, 6.07) is 12.6.